The van der Waals surface area contributed by atoms with Gasteiger partial charge in [-0.1, -0.05) is 154 Å². The first-order valence-corrected chi connectivity index (χ1v) is 23.4. The van der Waals surface area contributed by atoms with Crippen LogP contribution in [0.3, 0.4) is 0 Å². The molecule has 4 nitrogen and oxygen atoms in total. The van der Waals surface area contributed by atoms with Gasteiger partial charge in [0.1, 0.15) is 5.58 Å². The number of hydrogen-bond donors (Lipinski definition) is 0. The molecule has 2 aromatic heterocycles. The number of nitrogens with zero attached hydrogens (tertiary/aromatic N) is 3. The monoisotopic (exact) mass is 857 g/mol. The van der Waals surface area contributed by atoms with Crippen molar-refractivity contribution in [2.24, 2.45) is 0 Å². The van der Waals surface area contributed by atoms with Crippen molar-refractivity contribution in [1.29, 1.82) is 0 Å². The number of benzene rings is 10. The van der Waals surface area contributed by atoms with E-state index in [1.54, 1.807) is 0 Å². The lowest BCUT2D eigenvalue weighted by molar-refractivity contribution is 0.591. The van der Waals surface area contributed by atoms with Crippen LogP contribution in [0.4, 0.5) is 34.1 Å². The van der Waals surface area contributed by atoms with E-state index in [9.17, 15) is 0 Å². The SMILES string of the molecule is CC(C)(C)c1cc2c3c(c1)c1c4ccccc4ccc1n3B1c3ccc(N(c4ccccc4)c4ccccc4)cc3N(c3cccc4c3oc3ccccc34)c3cc(-c4ccccc4)cc-2c31. The second kappa shape index (κ2) is 14.1. The molecule has 12 aromatic rings. The third kappa shape index (κ3) is 5.55. The van der Waals surface area contributed by atoms with Crippen LogP contribution in [0.25, 0.3) is 76.8 Å². The quantitative estimate of drug-likeness (QED) is 0.161. The molecule has 2 aliphatic rings. The van der Waals surface area contributed by atoms with E-state index in [0.717, 1.165) is 56.1 Å². The highest BCUT2D eigenvalue weighted by molar-refractivity contribution is 6.90. The average molecular weight is 858 g/mol. The predicted octanol–water partition coefficient (Wildman–Crippen LogP) is 15.7. The van der Waals surface area contributed by atoms with Crippen molar-refractivity contribution in [1.82, 2.24) is 4.48 Å². The molecule has 316 valence electrons. The molecular formula is C62H44BN3O. The van der Waals surface area contributed by atoms with Crippen molar-refractivity contribution in [3.63, 3.8) is 0 Å². The summed E-state index contributed by atoms with van der Waals surface area (Å²) in [7, 11) is 0. The van der Waals surface area contributed by atoms with E-state index >= 15 is 0 Å². The van der Waals surface area contributed by atoms with Crippen molar-refractivity contribution in [3.8, 4) is 22.3 Å². The Labute approximate surface area is 389 Å². The minimum atomic E-state index is -0.138. The molecule has 0 unspecified atom stereocenters. The number of hydrogen-bond acceptors (Lipinski definition) is 3. The topological polar surface area (TPSA) is 24.6 Å². The molecule has 0 atom stereocenters. The van der Waals surface area contributed by atoms with Gasteiger partial charge in [-0.2, -0.15) is 0 Å². The van der Waals surface area contributed by atoms with Crippen LogP contribution in [0, 0.1) is 0 Å². The molecular weight excluding hydrogens is 814 g/mol. The fraction of sp³-hybridized carbons (Fsp3) is 0.0645. The molecule has 0 radical (unpaired) electrons. The van der Waals surface area contributed by atoms with Gasteiger partial charge in [-0.25, -0.2) is 0 Å². The van der Waals surface area contributed by atoms with Gasteiger partial charge in [0.15, 0.2) is 5.58 Å². The Morgan fingerprint density at radius 1 is 0.478 bits per heavy atom. The van der Waals surface area contributed by atoms with Crippen LogP contribution in [-0.4, -0.2) is 11.3 Å². The molecule has 0 amide bonds. The summed E-state index contributed by atoms with van der Waals surface area (Å²) in [6, 6.07) is 78.1. The van der Waals surface area contributed by atoms with Crippen molar-refractivity contribution >= 4 is 106 Å². The number of furan rings is 1. The highest BCUT2D eigenvalue weighted by atomic mass is 16.3. The maximum absolute atomic E-state index is 6.98. The summed E-state index contributed by atoms with van der Waals surface area (Å²) in [4.78, 5) is 4.90. The van der Waals surface area contributed by atoms with E-state index in [2.05, 4.69) is 247 Å². The van der Waals surface area contributed by atoms with E-state index in [-0.39, 0.29) is 12.3 Å². The standard InChI is InChI=1S/C62H44BN3O/c1-62(2,3)42-36-50-49-34-41(39-18-7-4-8-19-39)35-56-59(49)63(66-53-33-30-40-20-13-14-25-46(40)58(53)51(37-42)60(50)66)52-32-31-45(64(43-21-9-5-10-22-43)44-23-11-6-12-24-44)38-55(52)65(56)54-28-17-27-48-47-26-15-16-29-57(47)67-61(48)54/h4-38H,1-3H3. The molecule has 10 aromatic carbocycles. The summed E-state index contributed by atoms with van der Waals surface area (Å²) in [6.07, 6.45) is 0. The van der Waals surface area contributed by atoms with Crippen LogP contribution in [0.2, 0.25) is 0 Å². The van der Waals surface area contributed by atoms with Gasteiger partial charge in [-0.3, -0.25) is 0 Å². The maximum Gasteiger partial charge on any atom is 0.333 e. The molecule has 14 rings (SSSR count). The van der Waals surface area contributed by atoms with E-state index in [1.165, 1.54) is 71.3 Å². The molecule has 2 aliphatic heterocycles. The Bertz CT molecular complexity index is 3940. The zero-order chi connectivity index (χ0) is 44.5. The Hall–Kier alpha value is -8.28. The Morgan fingerprint density at radius 2 is 1.16 bits per heavy atom. The van der Waals surface area contributed by atoms with Crippen molar-refractivity contribution in [2.75, 3.05) is 9.80 Å². The molecule has 4 heterocycles. The van der Waals surface area contributed by atoms with Crippen LogP contribution < -0.4 is 20.7 Å². The Morgan fingerprint density at radius 3 is 1.93 bits per heavy atom. The van der Waals surface area contributed by atoms with Gasteiger partial charge in [0.05, 0.1) is 5.69 Å². The van der Waals surface area contributed by atoms with Gasteiger partial charge < -0.3 is 18.7 Å². The smallest absolute Gasteiger partial charge is 0.333 e. The van der Waals surface area contributed by atoms with Crippen LogP contribution in [0.1, 0.15) is 26.3 Å². The van der Waals surface area contributed by atoms with Gasteiger partial charge in [-0.05, 0) is 128 Å². The fourth-order valence-corrected chi connectivity index (χ4v) is 11.4. The lowest BCUT2D eigenvalue weighted by Gasteiger charge is -2.41. The number of rotatable bonds is 5. The molecule has 5 heteroatoms. The largest absolute Gasteiger partial charge is 0.454 e. The first-order valence-electron chi connectivity index (χ1n) is 23.4. The molecule has 67 heavy (non-hydrogen) atoms. The van der Waals surface area contributed by atoms with Crippen LogP contribution in [0.5, 0.6) is 0 Å². The average Bonchev–Trinajstić information content (AvgIpc) is 3.92. The summed E-state index contributed by atoms with van der Waals surface area (Å²) < 4.78 is 9.67. The fourth-order valence-electron chi connectivity index (χ4n) is 11.4. The van der Waals surface area contributed by atoms with Crippen LogP contribution in [-0.2, 0) is 5.41 Å². The predicted molar refractivity (Wildman–Crippen MR) is 284 cm³/mol. The Balaban J connectivity index is 1.16. The minimum Gasteiger partial charge on any atom is -0.454 e. The normalized spacial score (nSPS) is 12.9. The summed E-state index contributed by atoms with van der Waals surface area (Å²) >= 11 is 0. The highest BCUT2D eigenvalue weighted by Gasteiger charge is 2.44. The van der Waals surface area contributed by atoms with Gasteiger partial charge in [0, 0.05) is 66.6 Å². The van der Waals surface area contributed by atoms with Crippen molar-refractivity contribution < 1.29 is 4.42 Å². The lowest BCUT2D eigenvalue weighted by atomic mass is 9.45. The van der Waals surface area contributed by atoms with E-state index in [0.29, 0.717) is 0 Å². The molecule has 0 N–H and O–H groups in total. The van der Waals surface area contributed by atoms with Crippen LogP contribution in [0.15, 0.2) is 217 Å². The van der Waals surface area contributed by atoms with Crippen molar-refractivity contribution in [3.05, 3.63) is 218 Å². The van der Waals surface area contributed by atoms with Crippen molar-refractivity contribution in [2.45, 2.75) is 26.2 Å². The molecule has 0 aliphatic carbocycles. The van der Waals surface area contributed by atoms with Gasteiger partial charge >= 0.3 is 6.85 Å². The zero-order valence-corrected chi connectivity index (χ0v) is 37.5. The number of para-hydroxylation sites is 4. The molecule has 0 saturated carbocycles. The molecule has 0 fully saturated rings. The third-order valence-corrected chi connectivity index (χ3v) is 14.4. The lowest BCUT2D eigenvalue weighted by Crippen LogP contribution is -2.56. The summed E-state index contributed by atoms with van der Waals surface area (Å²) in [5.74, 6) is 0. The van der Waals surface area contributed by atoms with Gasteiger partial charge in [0.2, 0.25) is 0 Å². The number of fused-ring (bicyclic) bond motifs is 12. The van der Waals surface area contributed by atoms with E-state index in [4.69, 9.17) is 4.42 Å². The Kier molecular flexibility index (Phi) is 8.01. The van der Waals surface area contributed by atoms with Gasteiger partial charge in [-0.15, -0.1) is 0 Å². The zero-order valence-electron chi connectivity index (χ0n) is 37.5. The van der Waals surface area contributed by atoms with Gasteiger partial charge in [0.25, 0.3) is 0 Å². The highest BCUT2D eigenvalue weighted by Crippen LogP contribution is 2.51. The third-order valence-electron chi connectivity index (χ3n) is 14.4. The second-order valence-corrected chi connectivity index (χ2v) is 19.3. The summed E-state index contributed by atoms with van der Waals surface area (Å²) in [6.45, 7) is 6.90. The van der Waals surface area contributed by atoms with Crippen LogP contribution >= 0.6 is 0 Å². The number of anilines is 6. The number of aromatic nitrogens is 1. The minimum absolute atomic E-state index is 0.0903. The first-order chi connectivity index (χ1) is 32.9. The first kappa shape index (κ1) is 38.0. The summed E-state index contributed by atoms with van der Waals surface area (Å²) in [5.41, 5.74) is 19.5. The van der Waals surface area contributed by atoms with E-state index < -0.39 is 0 Å². The van der Waals surface area contributed by atoms with E-state index in [1.807, 2.05) is 0 Å². The molecule has 0 spiro atoms. The molecule has 0 saturated heterocycles. The summed E-state index contributed by atoms with van der Waals surface area (Å²) in [5, 5.41) is 7.36. The second-order valence-electron chi connectivity index (χ2n) is 19.3. The molecule has 0 bridgehead atoms. The maximum atomic E-state index is 6.98.